The molecule has 3 aromatic rings. The van der Waals surface area contributed by atoms with E-state index in [0.717, 1.165) is 26.2 Å². The maximum absolute atomic E-state index is 3.51. The monoisotopic (exact) mass is 316 g/mol. The van der Waals surface area contributed by atoms with Gasteiger partial charge in [-0.05, 0) is 23.3 Å². The zero-order valence-electron chi connectivity index (χ0n) is 13.9. The van der Waals surface area contributed by atoms with E-state index < -0.39 is 0 Å². The van der Waals surface area contributed by atoms with E-state index in [4.69, 9.17) is 0 Å². The fourth-order valence-corrected chi connectivity index (χ4v) is 2.81. The van der Waals surface area contributed by atoms with Crippen LogP contribution in [0.4, 0.5) is 5.69 Å². The Bertz CT molecular complexity index is 654. The fraction of sp³-hybridized carbons (Fsp3) is 0.182. The van der Waals surface area contributed by atoms with Crippen LogP contribution in [0.25, 0.3) is 0 Å². The highest BCUT2D eigenvalue weighted by Crippen LogP contribution is 2.10. The first kappa shape index (κ1) is 16.3. The molecular formula is C22H24N2. The second-order valence-electron chi connectivity index (χ2n) is 5.97. The Hall–Kier alpha value is -2.58. The van der Waals surface area contributed by atoms with Crippen LogP contribution in [0.15, 0.2) is 91.0 Å². The van der Waals surface area contributed by atoms with Gasteiger partial charge in [-0.2, -0.15) is 0 Å². The zero-order valence-corrected chi connectivity index (χ0v) is 13.9. The van der Waals surface area contributed by atoms with Gasteiger partial charge in [0.05, 0.1) is 0 Å². The summed E-state index contributed by atoms with van der Waals surface area (Å²) in [6, 6.07) is 31.8. The largest absolute Gasteiger partial charge is 0.384 e. The van der Waals surface area contributed by atoms with Gasteiger partial charge in [0.1, 0.15) is 0 Å². The summed E-state index contributed by atoms with van der Waals surface area (Å²) in [7, 11) is 0. The number of hydrogen-bond donors (Lipinski definition) is 1. The highest BCUT2D eigenvalue weighted by molar-refractivity contribution is 5.42. The topological polar surface area (TPSA) is 15.3 Å². The molecule has 2 nitrogen and oxygen atoms in total. The third-order valence-electron chi connectivity index (χ3n) is 4.03. The zero-order chi connectivity index (χ0) is 16.5. The first-order valence-electron chi connectivity index (χ1n) is 8.49. The normalized spacial score (nSPS) is 10.7. The van der Waals surface area contributed by atoms with E-state index in [9.17, 15) is 0 Å². The Morgan fingerprint density at radius 3 is 1.54 bits per heavy atom. The summed E-state index contributed by atoms with van der Waals surface area (Å²) in [5.41, 5.74) is 3.89. The molecule has 24 heavy (non-hydrogen) atoms. The lowest BCUT2D eigenvalue weighted by Crippen LogP contribution is -2.28. The molecule has 3 rings (SSSR count). The number of hydrogen-bond acceptors (Lipinski definition) is 2. The van der Waals surface area contributed by atoms with Crippen molar-refractivity contribution < 1.29 is 0 Å². The molecule has 122 valence electrons. The van der Waals surface area contributed by atoms with Crippen LogP contribution < -0.4 is 5.32 Å². The molecule has 1 N–H and O–H groups in total. The van der Waals surface area contributed by atoms with Crippen molar-refractivity contribution in [3.05, 3.63) is 102 Å². The standard InChI is InChI=1S/C22H24N2/c1-4-10-20(11-5-1)18-24(19-21-12-6-2-7-13-21)17-16-23-22-14-8-3-9-15-22/h1-15,23H,16-19H2. The molecule has 0 atom stereocenters. The molecule has 0 heterocycles. The van der Waals surface area contributed by atoms with Crippen molar-refractivity contribution in [1.82, 2.24) is 4.90 Å². The number of nitrogens with one attached hydrogen (secondary N) is 1. The second kappa shape index (κ2) is 8.90. The van der Waals surface area contributed by atoms with Crippen molar-refractivity contribution in [2.75, 3.05) is 18.4 Å². The van der Waals surface area contributed by atoms with E-state index in [1.807, 2.05) is 6.07 Å². The molecule has 0 spiro atoms. The van der Waals surface area contributed by atoms with Crippen molar-refractivity contribution in [3.8, 4) is 0 Å². The minimum Gasteiger partial charge on any atom is -0.384 e. The maximum atomic E-state index is 3.51. The molecule has 0 aromatic heterocycles. The average Bonchev–Trinajstić information content (AvgIpc) is 2.64. The quantitative estimate of drug-likeness (QED) is 0.642. The predicted molar refractivity (Wildman–Crippen MR) is 102 cm³/mol. The average molecular weight is 316 g/mol. The lowest BCUT2D eigenvalue weighted by atomic mass is 10.1. The molecule has 0 saturated heterocycles. The Labute approximate surface area is 144 Å². The van der Waals surface area contributed by atoms with Gasteiger partial charge < -0.3 is 5.32 Å². The van der Waals surface area contributed by atoms with Crippen LogP contribution in [0.1, 0.15) is 11.1 Å². The maximum Gasteiger partial charge on any atom is 0.0340 e. The van der Waals surface area contributed by atoms with Crippen LogP contribution in [0.3, 0.4) is 0 Å². The summed E-state index contributed by atoms with van der Waals surface area (Å²) in [6.45, 7) is 3.86. The highest BCUT2D eigenvalue weighted by atomic mass is 15.1. The highest BCUT2D eigenvalue weighted by Gasteiger charge is 2.07. The van der Waals surface area contributed by atoms with Gasteiger partial charge in [0.15, 0.2) is 0 Å². The lowest BCUT2D eigenvalue weighted by Gasteiger charge is -2.23. The Balaban J connectivity index is 1.60. The molecule has 0 unspecified atom stereocenters. The second-order valence-corrected chi connectivity index (χ2v) is 5.97. The Kier molecular flexibility index (Phi) is 6.04. The van der Waals surface area contributed by atoms with Crippen molar-refractivity contribution in [2.45, 2.75) is 13.1 Å². The van der Waals surface area contributed by atoms with Gasteiger partial charge in [-0.1, -0.05) is 78.9 Å². The summed E-state index contributed by atoms with van der Waals surface area (Å²) in [4.78, 5) is 2.49. The molecule has 3 aromatic carbocycles. The lowest BCUT2D eigenvalue weighted by molar-refractivity contribution is 0.267. The number of para-hydroxylation sites is 1. The minimum atomic E-state index is 0.934. The number of benzene rings is 3. The molecule has 2 heteroatoms. The molecular weight excluding hydrogens is 292 g/mol. The van der Waals surface area contributed by atoms with Crippen LogP contribution in [0.2, 0.25) is 0 Å². The van der Waals surface area contributed by atoms with Gasteiger partial charge in [0.25, 0.3) is 0 Å². The van der Waals surface area contributed by atoms with Crippen LogP contribution in [0.5, 0.6) is 0 Å². The number of nitrogens with zero attached hydrogens (tertiary/aromatic N) is 1. The van der Waals surface area contributed by atoms with Crippen molar-refractivity contribution in [2.24, 2.45) is 0 Å². The molecule has 0 radical (unpaired) electrons. The van der Waals surface area contributed by atoms with E-state index in [-0.39, 0.29) is 0 Å². The summed E-state index contributed by atoms with van der Waals surface area (Å²) >= 11 is 0. The smallest absolute Gasteiger partial charge is 0.0340 e. The minimum absolute atomic E-state index is 0.934. The molecule has 0 bridgehead atoms. The van der Waals surface area contributed by atoms with Crippen LogP contribution >= 0.6 is 0 Å². The van der Waals surface area contributed by atoms with Crippen LogP contribution in [-0.4, -0.2) is 18.0 Å². The number of anilines is 1. The van der Waals surface area contributed by atoms with Gasteiger partial charge in [-0.25, -0.2) is 0 Å². The first-order valence-corrected chi connectivity index (χ1v) is 8.49. The summed E-state index contributed by atoms with van der Waals surface area (Å²) < 4.78 is 0. The van der Waals surface area contributed by atoms with Crippen molar-refractivity contribution >= 4 is 5.69 Å². The first-order chi connectivity index (χ1) is 11.9. The molecule has 0 saturated carbocycles. The molecule has 0 aliphatic heterocycles. The van der Waals surface area contributed by atoms with E-state index in [1.54, 1.807) is 0 Å². The fourth-order valence-electron chi connectivity index (χ4n) is 2.81. The number of rotatable bonds is 8. The Morgan fingerprint density at radius 1 is 0.583 bits per heavy atom. The molecule has 0 aliphatic rings. The summed E-state index contributed by atoms with van der Waals surface area (Å²) in [5, 5.41) is 3.51. The SMILES string of the molecule is c1ccc(CN(CCNc2ccccc2)Cc2ccccc2)cc1. The molecule has 0 aliphatic carbocycles. The van der Waals surface area contributed by atoms with Gasteiger partial charge in [-0.3, -0.25) is 4.90 Å². The third kappa shape index (κ3) is 5.25. The van der Waals surface area contributed by atoms with Crippen LogP contribution in [0, 0.1) is 0 Å². The summed E-state index contributed by atoms with van der Waals surface area (Å²) in [6.07, 6.45) is 0. The van der Waals surface area contributed by atoms with Crippen molar-refractivity contribution in [3.63, 3.8) is 0 Å². The predicted octanol–water partition coefficient (Wildman–Crippen LogP) is 4.80. The van der Waals surface area contributed by atoms with Gasteiger partial charge in [-0.15, -0.1) is 0 Å². The van der Waals surface area contributed by atoms with E-state index in [1.165, 1.54) is 16.8 Å². The van der Waals surface area contributed by atoms with Crippen LogP contribution in [-0.2, 0) is 13.1 Å². The van der Waals surface area contributed by atoms with Crippen molar-refractivity contribution in [1.29, 1.82) is 0 Å². The van der Waals surface area contributed by atoms with Gasteiger partial charge >= 0.3 is 0 Å². The Morgan fingerprint density at radius 2 is 1.04 bits per heavy atom. The van der Waals surface area contributed by atoms with E-state index >= 15 is 0 Å². The third-order valence-corrected chi connectivity index (χ3v) is 4.03. The van der Waals surface area contributed by atoms with Gasteiger partial charge in [0.2, 0.25) is 0 Å². The van der Waals surface area contributed by atoms with Gasteiger partial charge in [0, 0.05) is 31.9 Å². The molecule has 0 fully saturated rings. The van der Waals surface area contributed by atoms with E-state index in [0.29, 0.717) is 0 Å². The molecule has 0 amide bonds. The summed E-state index contributed by atoms with van der Waals surface area (Å²) in [5.74, 6) is 0. The van der Waals surface area contributed by atoms with E-state index in [2.05, 4.69) is 95.1 Å².